The molecule has 0 aromatic rings. The molecule has 0 amide bonds. The zero-order valence-electron chi connectivity index (χ0n) is 17.6. The van der Waals surface area contributed by atoms with Crippen LogP contribution in [0.4, 0.5) is 0 Å². The van der Waals surface area contributed by atoms with Crippen molar-refractivity contribution in [2.75, 3.05) is 0 Å². The van der Waals surface area contributed by atoms with E-state index >= 15 is 0 Å². The highest BCUT2D eigenvalue weighted by Gasteiger charge is 3.04. The summed E-state index contributed by atoms with van der Waals surface area (Å²) < 4.78 is 23.0. The number of ether oxygens (including phenoxy) is 4. The number of hydrogen-bond acceptors (Lipinski definition) is 10. The molecule has 4 heterocycles. The van der Waals surface area contributed by atoms with E-state index in [1.807, 2.05) is 20.8 Å². The van der Waals surface area contributed by atoms with Gasteiger partial charge in [-0.15, -0.1) is 0 Å². The lowest BCUT2D eigenvalue weighted by atomic mass is 9.49. The molecule has 170 valence electrons. The minimum atomic E-state index is -2.34. The molecule has 6 rings (SSSR count). The van der Waals surface area contributed by atoms with Crippen molar-refractivity contribution in [1.82, 2.24) is 0 Å². The van der Waals surface area contributed by atoms with Crippen LogP contribution in [0.25, 0.3) is 0 Å². The van der Waals surface area contributed by atoms with E-state index in [1.54, 1.807) is 0 Å². The fourth-order valence-electron chi connectivity index (χ4n) is 8.40. The molecule has 6 aliphatic rings. The van der Waals surface area contributed by atoms with Crippen LogP contribution in [0.1, 0.15) is 27.7 Å². The van der Waals surface area contributed by atoms with Gasteiger partial charge in [-0.1, -0.05) is 27.4 Å². The van der Waals surface area contributed by atoms with Crippen LogP contribution in [0.5, 0.6) is 0 Å². The number of aliphatic hydroxyl groups is 4. The quantitative estimate of drug-likeness (QED) is 0.332. The Hall–Kier alpha value is -1.72. The van der Waals surface area contributed by atoms with Gasteiger partial charge in [-0.25, -0.2) is 4.79 Å². The highest BCUT2D eigenvalue weighted by molar-refractivity contribution is 5.92. The van der Waals surface area contributed by atoms with Gasteiger partial charge >= 0.3 is 11.9 Å². The molecule has 31 heavy (non-hydrogen) atoms. The second-order valence-electron chi connectivity index (χ2n) is 10.9. The first-order valence-corrected chi connectivity index (χ1v) is 10.5. The number of hydrogen-bond donors (Lipinski definition) is 4. The zero-order chi connectivity index (χ0) is 22.7. The van der Waals surface area contributed by atoms with E-state index in [1.165, 1.54) is 6.92 Å². The molecule has 4 unspecified atom stereocenters. The predicted octanol–water partition coefficient (Wildman–Crippen LogP) is -1.41. The third kappa shape index (κ3) is 1.44. The molecule has 2 aliphatic carbocycles. The van der Waals surface area contributed by atoms with E-state index in [0.717, 1.165) is 0 Å². The average Bonchev–Trinajstić information content (AvgIpc) is 3.28. The van der Waals surface area contributed by atoms with Crippen molar-refractivity contribution >= 4 is 11.9 Å². The fraction of sp³-hybridized carbons (Fsp3) is 0.810. The topological polar surface area (TPSA) is 152 Å². The van der Waals surface area contributed by atoms with Crippen molar-refractivity contribution < 1.29 is 49.0 Å². The highest BCUT2D eigenvalue weighted by Crippen LogP contribution is 2.84. The van der Waals surface area contributed by atoms with Gasteiger partial charge in [0.2, 0.25) is 5.60 Å². The van der Waals surface area contributed by atoms with Gasteiger partial charge in [0.15, 0.2) is 24.1 Å². The number of aliphatic hydroxyl groups excluding tert-OH is 3. The van der Waals surface area contributed by atoms with Gasteiger partial charge in [0, 0.05) is 5.92 Å². The molecule has 12 atom stereocenters. The van der Waals surface area contributed by atoms with Gasteiger partial charge in [-0.3, -0.25) is 4.79 Å². The van der Waals surface area contributed by atoms with Gasteiger partial charge in [0.25, 0.3) is 0 Å². The third-order valence-corrected chi connectivity index (χ3v) is 9.09. The smallest absolute Gasteiger partial charge is 0.343 e. The summed E-state index contributed by atoms with van der Waals surface area (Å²) in [4.78, 5) is 25.8. The van der Waals surface area contributed by atoms with Gasteiger partial charge in [0.1, 0.15) is 24.1 Å². The number of fused-ring (bicyclic) bond motifs is 3. The Morgan fingerprint density at radius 3 is 2.29 bits per heavy atom. The van der Waals surface area contributed by atoms with E-state index in [9.17, 15) is 30.0 Å². The monoisotopic (exact) mass is 438 g/mol. The Balaban J connectivity index is 1.75. The Bertz CT molecular complexity index is 956. The second kappa shape index (κ2) is 4.94. The predicted molar refractivity (Wildman–Crippen MR) is 97.5 cm³/mol. The van der Waals surface area contributed by atoms with Crippen molar-refractivity contribution in [3.8, 4) is 0 Å². The number of rotatable bonds is 0. The van der Waals surface area contributed by atoms with Gasteiger partial charge in [0.05, 0.1) is 16.7 Å². The molecule has 2 spiro atoms. The van der Waals surface area contributed by atoms with Crippen LogP contribution in [-0.4, -0.2) is 80.4 Å². The molecule has 2 saturated carbocycles. The standard InChI is InChI=1S/C21H26O10/c1-6-14(24)29-13-11(23)19-12-8-9(17(3,4)5)18(19,10(22)7(2)28-8)15(25)31-21(19,16(26)30-12)20(6,13)27/h6,8-13,15,22-23,25,27H,2H2,1,3-5H3/t6-,8+,9+,10+,11+,12?,13+,15?,18?,19?,20-,21+/m1/s1. The Kier molecular flexibility index (Phi) is 3.17. The summed E-state index contributed by atoms with van der Waals surface area (Å²) >= 11 is 0. The SMILES string of the molecule is C=C1O[C@@H]2C3OC(=O)[C@]45OC(O)C([C@H]1O)([C@@H]2C(C)(C)C)C34[C@@H](O)[C@@H]1OC(=O)[C@@H](C)[C@@]15O. The van der Waals surface area contributed by atoms with E-state index in [4.69, 9.17) is 18.9 Å². The van der Waals surface area contributed by atoms with Gasteiger partial charge in [-0.05, 0) is 12.3 Å². The lowest BCUT2D eigenvalue weighted by Gasteiger charge is -2.53. The summed E-state index contributed by atoms with van der Waals surface area (Å²) in [5.74, 6) is -3.80. The van der Waals surface area contributed by atoms with Crippen molar-refractivity contribution in [3.63, 3.8) is 0 Å². The van der Waals surface area contributed by atoms with Crippen LogP contribution < -0.4 is 0 Å². The molecule has 6 fully saturated rings. The molecule has 10 heteroatoms. The number of carbonyl (C=O) groups excluding carboxylic acids is 2. The van der Waals surface area contributed by atoms with Gasteiger partial charge in [-0.2, -0.15) is 0 Å². The molecular formula is C21H26O10. The molecule has 0 aromatic heterocycles. The van der Waals surface area contributed by atoms with Crippen LogP contribution in [0, 0.1) is 28.1 Å². The number of esters is 2. The lowest BCUT2D eigenvalue weighted by Crippen LogP contribution is -2.67. The van der Waals surface area contributed by atoms with Crippen LogP contribution in [0.3, 0.4) is 0 Å². The Labute approximate surface area is 177 Å². The summed E-state index contributed by atoms with van der Waals surface area (Å²) in [5, 5.41) is 46.5. The minimum absolute atomic E-state index is 0.0509. The first-order valence-electron chi connectivity index (χ1n) is 10.5. The van der Waals surface area contributed by atoms with Crippen LogP contribution in [0.2, 0.25) is 0 Å². The van der Waals surface area contributed by atoms with Crippen LogP contribution in [0.15, 0.2) is 12.3 Å². The lowest BCUT2D eigenvalue weighted by molar-refractivity contribution is -0.262. The van der Waals surface area contributed by atoms with Gasteiger partial charge < -0.3 is 39.4 Å². The zero-order valence-corrected chi connectivity index (χ0v) is 17.6. The van der Waals surface area contributed by atoms with E-state index < -0.39 is 88.0 Å². The first kappa shape index (κ1) is 19.9. The maximum absolute atomic E-state index is 13.5. The first-order chi connectivity index (χ1) is 14.3. The molecule has 4 saturated heterocycles. The highest BCUT2D eigenvalue weighted by atomic mass is 16.7. The molecule has 2 bridgehead atoms. The van der Waals surface area contributed by atoms with Crippen LogP contribution in [-0.2, 0) is 28.5 Å². The molecular weight excluding hydrogens is 412 g/mol. The van der Waals surface area contributed by atoms with Crippen molar-refractivity contribution in [3.05, 3.63) is 12.3 Å². The molecule has 4 N–H and O–H groups in total. The minimum Gasteiger partial charge on any atom is -0.488 e. The second-order valence-corrected chi connectivity index (χ2v) is 10.9. The van der Waals surface area contributed by atoms with Crippen molar-refractivity contribution in [1.29, 1.82) is 0 Å². The van der Waals surface area contributed by atoms with E-state index in [0.29, 0.717) is 0 Å². The summed E-state index contributed by atoms with van der Waals surface area (Å²) in [6, 6.07) is 0. The maximum atomic E-state index is 13.5. The third-order valence-electron chi connectivity index (χ3n) is 9.09. The largest absolute Gasteiger partial charge is 0.488 e. The fourth-order valence-corrected chi connectivity index (χ4v) is 8.40. The average molecular weight is 438 g/mol. The van der Waals surface area contributed by atoms with Crippen LogP contribution >= 0.6 is 0 Å². The number of carbonyl (C=O) groups is 2. The molecule has 10 nitrogen and oxygen atoms in total. The molecule has 0 aromatic carbocycles. The van der Waals surface area contributed by atoms with Crippen molar-refractivity contribution in [2.45, 2.75) is 75.7 Å². The molecule has 0 radical (unpaired) electrons. The normalized spacial score (nSPS) is 61.0. The maximum Gasteiger partial charge on any atom is 0.343 e. The summed E-state index contributed by atoms with van der Waals surface area (Å²) in [6.45, 7) is 10.8. The summed E-state index contributed by atoms with van der Waals surface area (Å²) in [7, 11) is 0. The Morgan fingerprint density at radius 1 is 1.03 bits per heavy atom. The Morgan fingerprint density at radius 2 is 1.68 bits per heavy atom. The van der Waals surface area contributed by atoms with E-state index in [-0.39, 0.29) is 5.76 Å². The van der Waals surface area contributed by atoms with Crippen molar-refractivity contribution in [2.24, 2.45) is 28.1 Å². The summed E-state index contributed by atoms with van der Waals surface area (Å²) in [5.41, 5.74) is -8.84. The molecule has 4 aliphatic heterocycles. The van der Waals surface area contributed by atoms with E-state index in [2.05, 4.69) is 6.58 Å². The summed E-state index contributed by atoms with van der Waals surface area (Å²) in [6.07, 6.45) is -8.56.